The number of ether oxygens (including phenoxy) is 1. The number of likely N-dealkylation sites (tertiary alicyclic amines) is 1. The molecule has 1 amide bonds. The van der Waals surface area contributed by atoms with E-state index in [0.29, 0.717) is 31.5 Å². The van der Waals surface area contributed by atoms with Crippen molar-refractivity contribution in [2.24, 2.45) is 0 Å². The van der Waals surface area contributed by atoms with E-state index in [9.17, 15) is 9.59 Å². The van der Waals surface area contributed by atoms with Crippen molar-refractivity contribution in [2.45, 2.75) is 31.8 Å². The van der Waals surface area contributed by atoms with Gasteiger partial charge in [0.1, 0.15) is 6.61 Å². The molecular weight excluding hydrogens is 340 g/mol. The minimum Gasteiger partial charge on any atom is -0.460 e. The summed E-state index contributed by atoms with van der Waals surface area (Å²) in [5, 5.41) is 8.87. The zero-order chi connectivity index (χ0) is 19.3. The van der Waals surface area contributed by atoms with Crippen molar-refractivity contribution in [2.75, 3.05) is 13.1 Å². The minimum absolute atomic E-state index is 0.0302. The second kappa shape index (κ2) is 8.05. The van der Waals surface area contributed by atoms with E-state index in [-0.39, 0.29) is 18.5 Å². The topological polar surface area (TPSA) is 70.4 Å². The predicted molar refractivity (Wildman–Crippen MR) is 101 cm³/mol. The van der Waals surface area contributed by atoms with Gasteiger partial charge in [-0.2, -0.15) is 5.26 Å². The molecule has 0 aliphatic carbocycles. The highest BCUT2D eigenvalue weighted by Gasteiger charge is 2.44. The fourth-order valence-corrected chi connectivity index (χ4v) is 3.53. The van der Waals surface area contributed by atoms with Crippen molar-refractivity contribution in [3.05, 3.63) is 71.3 Å². The van der Waals surface area contributed by atoms with Gasteiger partial charge in [-0.3, -0.25) is 9.59 Å². The fraction of sp³-hybridized carbons (Fsp3) is 0.318. The quantitative estimate of drug-likeness (QED) is 0.783. The maximum atomic E-state index is 13.1. The second-order valence-electron chi connectivity index (χ2n) is 6.84. The third kappa shape index (κ3) is 4.01. The van der Waals surface area contributed by atoms with Gasteiger partial charge in [-0.1, -0.05) is 42.5 Å². The molecule has 0 radical (unpaired) electrons. The largest absolute Gasteiger partial charge is 0.460 e. The van der Waals surface area contributed by atoms with Gasteiger partial charge in [0, 0.05) is 20.0 Å². The van der Waals surface area contributed by atoms with Crippen LogP contribution in [0, 0.1) is 11.3 Å². The lowest BCUT2D eigenvalue weighted by atomic mass is 9.72. The van der Waals surface area contributed by atoms with Gasteiger partial charge in [-0.05, 0) is 36.1 Å². The van der Waals surface area contributed by atoms with Gasteiger partial charge in [0.05, 0.1) is 17.0 Å². The molecule has 0 aromatic heterocycles. The second-order valence-corrected chi connectivity index (χ2v) is 6.84. The molecule has 1 saturated heterocycles. The standard InChI is InChI=1S/C22H22N2O3/c1-17(25)24-13-11-22(12-14-24,20-5-3-2-4-6-20)21(26)27-16-19-9-7-18(15-23)8-10-19/h2-10H,11-14,16H2,1H3. The molecule has 1 aliphatic rings. The molecule has 0 bridgehead atoms. The summed E-state index contributed by atoms with van der Waals surface area (Å²) in [5.41, 5.74) is 1.60. The molecule has 0 N–H and O–H groups in total. The number of benzene rings is 2. The van der Waals surface area contributed by atoms with Gasteiger partial charge < -0.3 is 9.64 Å². The van der Waals surface area contributed by atoms with E-state index in [1.165, 1.54) is 0 Å². The Bertz CT molecular complexity index is 845. The van der Waals surface area contributed by atoms with Crippen LogP contribution in [-0.4, -0.2) is 29.9 Å². The maximum Gasteiger partial charge on any atom is 0.317 e. The number of amides is 1. The Morgan fingerprint density at radius 3 is 2.26 bits per heavy atom. The van der Waals surface area contributed by atoms with Gasteiger partial charge in [-0.25, -0.2) is 0 Å². The number of hydrogen-bond donors (Lipinski definition) is 0. The molecule has 1 fully saturated rings. The first-order valence-corrected chi connectivity index (χ1v) is 9.02. The number of esters is 1. The third-order valence-electron chi connectivity index (χ3n) is 5.23. The van der Waals surface area contributed by atoms with E-state index in [0.717, 1.165) is 11.1 Å². The van der Waals surface area contributed by atoms with Crippen molar-refractivity contribution in [1.29, 1.82) is 5.26 Å². The van der Waals surface area contributed by atoms with Crippen LogP contribution in [0.2, 0.25) is 0 Å². The van der Waals surface area contributed by atoms with Gasteiger partial charge in [0.2, 0.25) is 5.91 Å². The number of hydrogen-bond acceptors (Lipinski definition) is 4. The summed E-state index contributed by atoms with van der Waals surface area (Å²) in [5.74, 6) is -0.233. The highest BCUT2D eigenvalue weighted by molar-refractivity contribution is 5.84. The normalized spacial score (nSPS) is 15.6. The number of piperidine rings is 1. The number of nitriles is 1. The Hall–Kier alpha value is -3.13. The van der Waals surface area contributed by atoms with E-state index in [1.54, 1.807) is 36.1 Å². The van der Waals surface area contributed by atoms with Crippen LogP contribution in [0.4, 0.5) is 0 Å². The number of rotatable bonds is 4. The molecule has 2 aromatic rings. The van der Waals surface area contributed by atoms with Crippen molar-refractivity contribution in [3.8, 4) is 6.07 Å². The summed E-state index contributed by atoms with van der Waals surface area (Å²) in [6.45, 7) is 2.79. The number of nitrogens with zero attached hydrogens (tertiary/aromatic N) is 2. The lowest BCUT2D eigenvalue weighted by Crippen LogP contribution is -2.49. The first-order chi connectivity index (χ1) is 13.0. The smallest absolute Gasteiger partial charge is 0.317 e. The fourth-order valence-electron chi connectivity index (χ4n) is 3.53. The number of carbonyl (C=O) groups is 2. The Morgan fingerprint density at radius 1 is 1.07 bits per heavy atom. The Labute approximate surface area is 159 Å². The molecule has 5 heteroatoms. The van der Waals surface area contributed by atoms with Crippen LogP contribution in [0.1, 0.15) is 36.5 Å². The predicted octanol–water partition coefficient (Wildman–Crippen LogP) is 3.18. The molecule has 1 aliphatic heterocycles. The van der Waals surface area contributed by atoms with Crippen LogP contribution >= 0.6 is 0 Å². The molecule has 1 heterocycles. The van der Waals surface area contributed by atoms with Gasteiger partial charge >= 0.3 is 5.97 Å². The zero-order valence-electron chi connectivity index (χ0n) is 15.4. The molecule has 138 valence electrons. The van der Waals surface area contributed by atoms with Crippen LogP contribution in [-0.2, 0) is 26.3 Å². The lowest BCUT2D eigenvalue weighted by molar-refractivity contribution is -0.155. The molecule has 3 rings (SSSR count). The highest BCUT2D eigenvalue weighted by atomic mass is 16.5. The van der Waals surface area contributed by atoms with Crippen molar-refractivity contribution in [1.82, 2.24) is 4.90 Å². The summed E-state index contributed by atoms with van der Waals surface area (Å²) in [6, 6.07) is 18.7. The van der Waals surface area contributed by atoms with E-state index < -0.39 is 5.41 Å². The SMILES string of the molecule is CC(=O)N1CCC(C(=O)OCc2ccc(C#N)cc2)(c2ccccc2)CC1. The Balaban J connectivity index is 1.77. The zero-order valence-corrected chi connectivity index (χ0v) is 15.4. The van der Waals surface area contributed by atoms with E-state index in [4.69, 9.17) is 10.00 Å². The minimum atomic E-state index is -0.736. The molecule has 0 saturated carbocycles. The summed E-state index contributed by atoms with van der Waals surface area (Å²) in [6.07, 6.45) is 1.09. The molecule has 0 spiro atoms. The first kappa shape index (κ1) is 18.7. The molecule has 2 aromatic carbocycles. The molecule has 0 unspecified atom stereocenters. The molecule has 0 atom stereocenters. The van der Waals surface area contributed by atoms with Gasteiger partial charge in [0.25, 0.3) is 0 Å². The van der Waals surface area contributed by atoms with Crippen molar-refractivity contribution in [3.63, 3.8) is 0 Å². The maximum absolute atomic E-state index is 13.1. The molecule has 5 nitrogen and oxygen atoms in total. The average molecular weight is 362 g/mol. The monoisotopic (exact) mass is 362 g/mol. The summed E-state index contributed by atoms with van der Waals surface area (Å²) in [4.78, 5) is 26.6. The summed E-state index contributed by atoms with van der Waals surface area (Å²) in [7, 11) is 0. The Kier molecular flexibility index (Phi) is 5.56. The van der Waals surface area contributed by atoms with Crippen molar-refractivity contribution >= 4 is 11.9 Å². The molecular formula is C22H22N2O3. The van der Waals surface area contributed by atoms with Crippen LogP contribution in [0.5, 0.6) is 0 Å². The van der Waals surface area contributed by atoms with E-state index >= 15 is 0 Å². The average Bonchev–Trinajstić information content (AvgIpc) is 2.73. The molecule has 27 heavy (non-hydrogen) atoms. The van der Waals surface area contributed by atoms with Gasteiger partial charge in [-0.15, -0.1) is 0 Å². The summed E-state index contributed by atoms with van der Waals surface area (Å²) < 4.78 is 5.67. The Morgan fingerprint density at radius 2 is 1.70 bits per heavy atom. The van der Waals surface area contributed by atoms with Crippen LogP contribution in [0.3, 0.4) is 0 Å². The lowest BCUT2D eigenvalue weighted by Gasteiger charge is -2.40. The van der Waals surface area contributed by atoms with Crippen molar-refractivity contribution < 1.29 is 14.3 Å². The highest BCUT2D eigenvalue weighted by Crippen LogP contribution is 2.37. The van der Waals surface area contributed by atoms with E-state index in [1.807, 2.05) is 30.3 Å². The first-order valence-electron chi connectivity index (χ1n) is 9.02. The third-order valence-corrected chi connectivity index (χ3v) is 5.23. The van der Waals surface area contributed by atoms with E-state index in [2.05, 4.69) is 6.07 Å². The van der Waals surface area contributed by atoms with Crippen LogP contribution < -0.4 is 0 Å². The van der Waals surface area contributed by atoms with Crippen LogP contribution in [0.15, 0.2) is 54.6 Å². The van der Waals surface area contributed by atoms with Crippen LogP contribution in [0.25, 0.3) is 0 Å². The summed E-state index contributed by atoms with van der Waals surface area (Å²) >= 11 is 0. The van der Waals surface area contributed by atoms with Gasteiger partial charge in [0.15, 0.2) is 0 Å². The number of carbonyl (C=O) groups excluding carboxylic acids is 2.